The SMILES string of the molecule is CC(C)(CN)CCCCNCCN. The maximum absolute atomic E-state index is 5.64. The van der Waals surface area contributed by atoms with Gasteiger partial charge in [-0.3, -0.25) is 0 Å². The largest absolute Gasteiger partial charge is 0.330 e. The minimum Gasteiger partial charge on any atom is -0.330 e. The van der Waals surface area contributed by atoms with Gasteiger partial charge in [0.2, 0.25) is 0 Å². The molecule has 0 aliphatic rings. The first-order chi connectivity index (χ1) is 6.12. The predicted molar refractivity (Wildman–Crippen MR) is 58.6 cm³/mol. The zero-order valence-corrected chi connectivity index (χ0v) is 9.10. The van der Waals surface area contributed by atoms with Gasteiger partial charge in [0.05, 0.1) is 0 Å². The van der Waals surface area contributed by atoms with Crippen LogP contribution in [0.2, 0.25) is 0 Å². The molecule has 0 unspecified atom stereocenters. The maximum Gasteiger partial charge on any atom is 0.00745 e. The Kier molecular flexibility index (Phi) is 7.23. The summed E-state index contributed by atoms with van der Waals surface area (Å²) in [6.07, 6.45) is 3.69. The normalized spacial score (nSPS) is 12.0. The summed E-state index contributed by atoms with van der Waals surface area (Å²) in [5, 5.41) is 3.28. The summed E-state index contributed by atoms with van der Waals surface area (Å²) in [4.78, 5) is 0. The van der Waals surface area contributed by atoms with Crippen molar-refractivity contribution in [1.82, 2.24) is 5.32 Å². The van der Waals surface area contributed by atoms with E-state index in [-0.39, 0.29) is 0 Å². The van der Waals surface area contributed by atoms with Gasteiger partial charge in [0.15, 0.2) is 0 Å². The summed E-state index contributed by atoms with van der Waals surface area (Å²) in [7, 11) is 0. The van der Waals surface area contributed by atoms with Crippen LogP contribution in [0, 0.1) is 5.41 Å². The van der Waals surface area contributed by atoms with E-state index in [0.29, 0.717) is 5.41 Å². The molecule has 80 valence electrons. The summed E-state index contributed by atoms with van der Waals surface area (Å²) in [5.41, 5.74) is 11.3. The number of unbranched alkanes of at least 4 members (excludes halogenated alkanes) is 1. The number of nitrogens with two attached hydrogens (primary N) is 2. The van der Waals surface area contributed by atoms with Gasteiger partial charge in [-0.15, -0.1) is 0 Å². The quantitative estimate of drug-likeness (QED) is 0.490. The van der Waals surface area contributed by atoms with Crippen LogP contribution < -0.4 is 16.8 Å². The Hall–Kier alpha value is -0.120. The average Bonchev–Trinajstić information content (AvgIpc) is 2.11. The topological polar surface area (TPSA) is 64.1 Å². The third-order valence-electron chi connectivity index (χ3n) is 2.33. The van der Waals surface area contributed by atoms with E-state index in [4.69, 9.17) is 11.5 Å². The Balaban J connectivity index is 3.16. The van der Waals surface area contributed by atoms with Crippen molar-refractivity contribution in [2.24, 2.45) is 16.9 Å². The third-order valence-corrected chi connectivity index (χ3v) is 2.33. The molecule has 0 fully saturated rings. The van der Waals surface area contributed by atoms with E-state index in [1.807, 2.05) is 0 Å². The highest BCUT2D eigenvalue weighted by Gasteiger charge is 2.13. The Morgan fingerprint density at radius 3 is 2.31 bits per heavy atom. The van der Waals surface area contributed by atoms with Crippen molar-refractivity contribution in [3.05, 3.63) is 0 Å². The highest BCUT2D eigenvalue weighted by Crippen LogP contribution is 2.20. The first kappa shape index (κ1) is 12.9. The fourth-order valence-electron chi connectivity index (χ4n) is 1.18. The summed E-state index contributed by atoms with van der Waals surface area (Å²) >= 11 is 0. The van der Waals surface area contributed by atoms with Crippen molar-refractivity contribution in [2.75, 3.05) is 26.2 Å². The zero-order valence-electron chi connectivity index (χ0n) is 9.10. The monoisotopic (exact) mass is 187 g/mol. The molecule has 0 saturated heterocycles. The standard InChI is InChI=1S/C10H25N3/c1-10(2,9-12)5-3-4-7-13-8-6-11/h13H,3-9,11-12H2,1-2H3. The molecule has 0 amide bonds. The molecule has 0 radical (unpaired) electrons. The van der Waals surface area contributed by atoms with Crippen LogP contribution in [-0.2, 0) is 0 Å². The van der Waals surface area contributed by atoms with Gasteiger partial charge in [-0.2, -0.15) is 0 Å². The van der Waals surface area contributed by atoms with Crippen molar-refractivity contribution in [2.45, 2.75) is 33.1 Å². The minimum absolute atomic E-state index is 0.313. The van der Waals surface area contributed by atoms with Crippen LogP contribution in [0.15, 0.2) is 0 Å². The van der Waals surface area contributed by atoms with E-state index in [0.717, 1.165) is 26.2 Å². The van der Waals surface area contributed by atoms with Gasteiger partial charge >= 0.3 is 0 Å². The van der Waals surface area contributed by atoms with E-state index in [2.05, 4.69) is 19.2 Å². The molecule has 0 spiro atoms. The second-order valence-corrected chi connectivity index (χ2v) is 4.36. The van der Waals surface area contributed by atoms with E-state index < -0.39 is 0 Å². The predicted octanol–water partition coefficient (Wildman–Crippen LogP) is 0.690. The Bertz CT molecular complexity index is 113. The van der Waals surface area contributed by atoms with Crippen molar-refractivity contribution < 1.29 is 0 Å². The van der Waals surface area contributed by atoms with Gasteiger partial charge in [-0.1, -0.05) is 20.3 Å². The molecule has 0 aromatic rings. The van der Waals surface area contributed by atoms with E-state index in [1.165, 1.54) is 19.3 Å². The van der Waals surface area contributed by atoms with Gasteiger partial charge in [0, 0.05) is 13.1 Å². The van der Waals surface area contributed by atoms with E-state index in [1.54, 1.807) is 0 Å². The summed E-state index contributed by atoms with van der Waals surface area (Å²) in [6, 6.07) is 0. The molecule has 0 aliphatic heterocycles. The lowest BCUT2D eigenvalue weighted by Gasteiger charge is -2.21. The fourth-order valence-corrected chi connectivity index (χ4v) is 1.18. The molecule has 0 aromatic carbocycles. The summed E-state index contributed by atoms with van der Waals surface area (Å²) < 4.78 is 0. The Morgan fingerprint density at radius 2 is 1.77 bits per heavy atom. The fraction of sp³-hybridized carbons (Fsp3) is 1.00. The molecule has 5 N–H and O–H groups in total. The molecule has 0 saturated carbocycles. The van der Waals surface area contributed by atoms with Crippen LogP contribution in [0.25, 0.3) is 0 Å². The Morgan fingerprint density at radius 1 is 1.08 bits per heavy atom. The molecular weight excluding hydrogens is 162 g/mol. The first-order valence-corrected chi connectivity index (χ1v) is 5.23. The van der Waals surface area contributed by atoms with Crippen molar-refractivity contribution in [1.29, 1.82) is 0 Å². The highest BCUT2D eigenvalue weighted by atomic mass is 14.9. The molecular formula is C10H25N3. The smallest absolute Gasteiger partial charge is 0.00745 e. The molecule has 0 rings (SSSR count). The van der Waals surface area contributed by atoms with Crippen LogP contribution in [0.4, 0.5) is 0 Å². The third kappa shape index (κ3) is 8.22. The van der Waals surface area contributed by atoms with Gasteiger partial charge in [-0.05, 0) is 31.3 Å². The lowest BCUT2D eigenvalue weighted by molar-refractivity contribution is 0.332. The van der Waals surface area contributed by atoms with E-state index in [9.17, 15) is 0 Å². The number of nitrogens with one attached hydrogen (secondary N) is 1. The molecule has 0 bridgehead atoms. The number of rotatable bonds is 8. The lowest BCUT2D eigenvalue weighted by atomic mass is 9.87. The molecule has 3 nitrogen and oxygen atoms in total. The van der Waals surface area contributed by atoms with Crippen molar-refractivity contribution in [3.63, 3.8) is 0 Å². The van der Waals surface area contributed by atoms with Gasteiger partial charge in [0.1, 0.15) is 0 Å². The lowest BCUT2D eigenvalue weighted by Crippen LogP contribution is -2.25. The molecule has 0 aromatic heterocycles. The molecule has 0 atom stereocenters. The highest BCUT2D eigenvalue weighted by molar-refractivity contribution is 4.68. The molecule has 0 aliphatic carbocycles. The van der Waals surface area contributed by atoms with Gasteiger partial charge in [-0.25, -0.2) is 0 Å². The summed E-state index contributed by atoms with van der Waals surface area (Å²) in [5.74, 6) is 0. The van der Waals surface area contributed by atoms with Crippen molar-refractivity contribution >= 4 is 0 Å². The zero-order chi connectivity index (χ0) is 10.2. The van der Waals surface area contributed by atoms with E-state index >= 15 is 0 Å². The second kappa shape index (κ2) is 7.30. The van der Waals surface area contributed by atoms with Crippen LogP contribution >= 0.6 is 0 Å². The van der Waals surface area contributed by atoms with Crippen LogP contribution in [-0.4, -0.2) is 26.2 Å². The Labute approximate surface area is 82.3 Å². The first-order valence-electron chi connectivity index (χ1n) is 5.23. The number of hydrogen-bond donors (Lipinski definition) is 3. The summed E-state index contributed by atoms with van der Waals surface area (Å²) in [6.45, 7) is 7.97. The average molecular weight is 187 g/mol. The van der Waals surface area contributed by atoms with Crippen molar-refractivity contribution in [3.8, 4) is 0 Å². The second-order valence-electron chi connectivity index (χ2n) is 4.36. The molecule has 3 heteroatoms. The molecule has 0 heterocycles. The minimum atomic E-state index is 0.313. The van der Waals surface area contributed by atoms with Crippen LogP contribution in [0.1, 0.15) is 33.1 Å². The molecule has 13 heavy (non-hydrogen) atoms. The van der Waals surface area contributed by atoms with Crippen LogP contribution in [0.3, 0.4) is 0 Å². The maximum atomic E-state index is 5.64. The van der Waals surface area contributed by atoms with Gasteiger partial charge in [0.25, 0.3) is 0 Å². The van der Waals surface area contributed by atoms with Gasteiger partial charge < -0.3 is 16.8 Å². The van der Waals surface area contributed by atoms with Crippen LogP contribution in [0.5, 0.6) is 0 Å². The number of hydrogen-bond acceptors (Lipinski definition) is 3.